The van der Waals surface area contributed by atoms with Crippen LogP contribution in [0.2, 0.25) is 0 Å². The van der Waals surface area contributed by atoms with E-state index in [0.29, 0.717) is 18.9 Å². The van der Waals surface area contributed by atoms with Gasteiger partial charge >= 0.3 is 6.03 Å². The number of carbonyl (C=O) groups excluding carboxylic acids is 1. The van der Waals surface area contributed by atoms with Crippen molar-refractivity contribution in [3.05, 3.63) is 30.5 Å². The Balaban J connectivity index is 1.70. The molecular formula is C13H18N6O2. The van der Waals surface area contributed by atoms with Crippen molar-refractivity contribution >= 4 is 11.8 Å². The molecule has 2 aromatic rings. The number of hydrogen-bond donors (Lipinski definition) is 1. The maximum absolute atomic E-state index is 12.3. The number of nitrogens with zero attached hydrogens (tertiary/aromatic N) is 5. The zero-order valence-corrected chi connectivity index (χ0v) is 12.1. The minimum absolute atomic E-state index is 0.0850. The van der Waals surface area contributed by atoms with Gasteiger partial charge in [-0.3, -0.25) is 10.2 Å². The Kier molecular flexibility index (Phi) is 3.61. The summed E-state index contributed by atoms with van der Waals surface area (Å²) in [7, 11) is 4.01. The van der Waals surface area contributed by atoms with Gasteiger partial charge in [0.1, 0.15) is 12.1 Å². The largest absolute Gasteiger partial charge is 0.363 e. The number of hydrogen-bond acceptors (Lipinski definition) is 5. The molecular weight excluding hydrogens is 272 g/mol. The molecule has 0 radical (unpaired) electrons. The monoisotopic (exact) mass is 290 g/mol. The summed E-state index contributed by atoms with van der Waals surface area (Å²) in [6.45, 7) is 2.05. The molecule has 112 valence electrons. The molecule has 0 aliphatic carbocycles. The third-order valence-corrected chi connectivity index (χ3v) is 3.76. The summed E-state index contributed by atoms with van der Waals surface area (Å²) < 4.78 is 6.70. The molecule has 0 saturated carbocycles. The van der Waals surface area contributed by atoms with Crippen LogP contribution in [-0.2, 0) is 7.05 Å². The van der Waals surface area contributed by atoms with Gasteiger partial charge in [0.15, 0.2) is 5.82 Å². The third-order valence-electron chi connectivity index (χ3n) is 3.76. The van der Waals surface area contributed by atoms with E-state index < -0.39 is 0 Å². The Morgan fingerprint density at radius 1 is 1.43 bits per heavy atom. The molecule has 3 heterocycles. The van der Waals surface area contributed by atoms with Crippen molar-refractivity contribution in [2.75, 3.05) is 32.0 Å². The van der Waals surface area contributed by atoms with E-state index in [1.54, 1.807) is 17.2 Å². The van der Waals surface area contributed by atoms with E-state index in [-0.39, 0.29) is 12.1 Å². The van der Waals surface area contributed by atoms with E-state index in [4.69, 9.17) is 4.52 Å². The summed E-state index contributed by atoms with van der Waals surface area (Å²) in [5, 5.41) is 6.41. The predicted octanol–water partition coefficient (Wildman–Crippen LogP) is 0.929. The lowest BCUT2D eigenvalue weighted by atomic mass is 10.1. The molecule has 1 saturated heterocycles. The molecule has 0 unspecified atom stereocenters. The van der Waals surface area contributed by atoms with Crippen molar-refractivity contribution in [1.29, 1.82) is 0 Å². The summed E-state index contributed by atoms with van der Waals surface area (Å²) in [6.07, 6.45) is 5.12. The quantitative estimate of drug-likeness (QED) is 0.890. The van der Waals surface area contributed by atoms with Crippen LogP contribution in [0.15, 0.2) is 29.2 Å². The predicted molar refractivity (Wildman–Crippen MR) is 75.7 cm³/mol. The first kappa shape index (κ1) is 13.6. The Labute approximate surface area is 122 Å². The first-order chi connectivity index (χ1) is 10.1. The average molecular weight is 290 g/mol. The Morgan fingerprint density at radius 3 is 2.95 bits per heavy atom. The van der Waals surface area contributed by atoms with Gasteiger partial charge in [-0.2, -0.15) is 0 Å². The molecule has 2 amide bonds. The molecule has 8 heteroatoms. The maximum atomic E-state index is 12.3. The number of likely N-dealkylation sites (N-methyl/N-ethyl adjacent to an activating group) is 1. The number of rotatable bonds is 2. The van der Waals surface area contributed by atoms with Crippen molar-refractivity contribution in [1.82, 2.24) is 24.5 Å². The molecule has 8 nitrogen and oxygen atoms in total. The normalized spacial score (nSPS) is 19.7. The first-order valence-corrected chi connectivity index (χ1v) is 6.79. The molecule has 3 rings (SSSR count). The second kappa shape index (κ2) is 5.57. The topological polar surface area (TPSA) is 79.4 Å². The Morgan fingerprint density at radius 2 is 2.29 bits per heavy atom. The molecule has 2 aromatic heterocycles. The van der Waals surface area contributed by atoms with E-state index in [0.717, 1.165) is 12.4 Å². The van der Waals surface area contributed by atoms with Gasteiger partial charge in [-0.05, 0) is 7.05 Å². The van der Waals surface area contributed by atoms with Crippen LogP contribution in [0.25, 0.3) is 0 Å². The van der Waals surface area contributed by atoms with Crippen molar-refractivity contribution in [3.8, 4) is 0 Å². The number of aryl methyl sites for hydroxylation is 1. The van der Waals surface area contributed by atoms with E-state index in [2.05, 4.69) is 20.4 Å². The number of piperazine rings is 1. The first-order valence-electron chi connectivity index (χ1n) is 6.79. The number of carbonyl (C=O) groups is 1. The molecule has 1 N–H and O–H groups in total. The van der Waals surface area contributed by atoms with Crippen molar-refractivity contribution in [2.45, 2.75) is 6.04 Å². The van der Waals surface area contributed by atoms with Gasteiger partial charge in [-0.25, -0.2) is 9.78 Å². The highest BCUT2D eigenvalue weighted by Gasteiger charge is 2.30. The summed E-state index contributed by atoms with van der Waals surface area (Å²) in [5.41, 5.74) is 0. The fraction of sp³-hybridized carbons (Fsp3) is 0.462. The van der Waals surface area contributed by atoms with E-state index in [1.807, 2.05) is 24.9 Å². The molecule has 0 spiro atoms. The van der Waals surface area contributed by atoms with Crippen molar-refractivity contribution in [3.63, 3.8) is 0 Å². The maximum Gasteiger partial charge on any atom is 0.323 e. The zero-order valence-electron chi connectivity index (χ0n) is 12.1. The van der Waals surface area contributed by atoms with Gasteiger partial charge in [-0.1, -0.05) is 5.16 Å². The summed E-state index contributed by atoms with van der Waals surface area (Å²) in [5.74, 6) is 1.38. The molecule has 0 aromatic carbocycles. The van der Waals surface area contributed by atoms with Gasteiger partial charge in [0.2, 0.25) is 0 Å². The Hall–Kier alpha value is -2.35. The summed E-state index contributed by atoms with van der Waals surface area (Å²) in [6, 6.07) is 1.53. The van der Waals surface area contributed by atoms with E-state index in [9.17, 15) is 4.79 Å². The van der Waals surface area contributed by atoms with Crippen LogP contribution in [-0.4, -0.2) is 57.2 Å². The molecule has 1 fully saturated rings. The van der Waals surface area contributed by atoms with Gasteiger partial charge in [0, 0.05) is 45.1 Å². The fourth-order valence-electron chi connectivity index (χ4n) is 2.50. The van der Waals surface area contributed by atoms with Gasteiger partial charge in [0.25, 0.3) is 0 Å². The molecule has 21 heavy (non-hydrogen) atoms. The third kappa shape index (κ3) is 2.75. The number of nitrogens with one attached hydrogen (secondary N) is 1. The highest BCUT2D eigenvalue weighted by atomic mass is 16.5. The number of anilines is 1. The summed E-state index contributed by atoms with van der Waals surface area (Å²) >= 11 is 0. The lowest BCUT2D eigenvalue weighted by molar-refractivity contribution is 0.110. The highest BCUT2D eigenvalue weighted by molar-refractivity contribution is 5.88. The van der Waals surface area contributed by atoms with Crippen LogP contribution in [0.5, 0.6) is 0 Å². The van der Waals surface area contributed by atoms with Crippen LogP contribution in [0.3, 0.4) is 0 Å². The van der Waals surface area contributed by atoms with Gasteiger partial charge in [-0.15, -0.1) is 0 Å². The lowest BCUT2D eigenvalue weighted by Crippen LogP contribution is -2.50. The molecule has 0 bridgehead atoms. The molecule has 1 aliphatic rings. The number of urea groups is 1. The minimum atomic E-state index is -0.170. The average Bonchev–Trinajstić information content (AvgIpc) is 3.11. The van der Waals surface area contributed by atoms with E-state index in [1.165, 1.54) is 6.26 Å². The standard InChI is InChI=1S/C13H18N6O2/c1-17-6-7-19(13(20)15-11-3-8-21-16-11)9-10(17)12-14-4-5-18(12)2/h3-5,8,10H,6-7,9H2,1-2H3,(H,15,16,20)/t10-/m1/s1. The van der Waals surface area contributed by atoms with Crippen molar-refractivity contribution < 1.29 is 9.32 Å². The molecule has 1 atom stereocenters. The van der Waals surface area contributed by atoms with Crippen molar-refractivity contribution in [2.24, 2.45) is 7.05 Å². The second-order valence-electron chi connectivity index (χ2n) is 5.15. The van der Waals surface area contributed by atoms with Gasteiger partial charge in [0.05, 0.1) is 6.04 Å². The number of aromatic nitrogens is 3. The van der Waals surface area contributed by atoms with Gasteiger partial charge < -0.3 is 14.0 Å². The second-order valence-corrected chi connectivity index (χ2v) is 5.15. The smallest absolute Gasteiger partial charge is 0.323 e. The van der Waals surface area contributed by atoms with Crippen LogP contribution in [0, 0.1) is 0 Å². The zero-order chi connectivity index (χ0) is 14.8. The lowest BCUT2D eigenvalue weighted by Gasteiger charge is -2.38. The molecule has 1 aliphatic heterocycles. The highest BCUT2D eigenvalue weighted by Crippen LogP contribution is 2.22. The SMILES string of the molecule is CN1CCN(C(=O)Nc2ccon2)C[C@@H]1c1nccn1C. The number of imidazole rings is 1. The van der Waals surface area contributed by atoms with Crippen LogP contribution >= 0.6 is 0 Å². The Bertz CT molecular complexity index is 608. The number of amides is 2. The van der Waals surface area contributed by atoms with Crippen LogP contribution in [0.4, 0.5) is 10.6 Å². The minimum Gasteiger partial charge on any atom is -0.363 e. The van der Waals surface area contributed by atoms with E-state index >= 15 is 0 Å². The fourth-order valence-corrected chi connectivity index (χ4v) is 2.50. The van der Waals surface area contributed by atoms with Crippen LogP contribution < -0.4 is 5.32 Å². The summed E-state index contributed by atoms with van der Waals surface area (Å²) in [4.78, 5) is 20.6. The van der Waals surface area contributed by atoms with Crippen LogP contribution in [0.1, 0.15) is 11.9 Å².